The fourth-order valence-electron chi connectivity index (χ4n) is 3.79. The molecule has 21 heavy (non-hydrogen) atoms. The van der Waals surface area contributed by atoms with Crippen molar-refractivity contribution in [1.29, 1.82) is 0 Å². The van der Waals surface area contributed by atoms with Gasteiger partial charge in [0.05, 0.1) is 17.4 Å². The summed E-state index contributed by atoms with van der Waals surface area (Å²) in [5.41, 5.74) is -1.54. The number of carboxylic acids is 1. The highest BCUT2D eigenvalue weighted by Gasteiger charge is 2.78. The number of aromatic nitrogens is 2. The number of amides is 1. The maximum Gasteiger partial charge on any atom is 0.310 e. The second-order valence-electron chi connectivity index (χ2n) is 6.50. The van der Waals surface area contributed by atoms with E-state index in [1.54, 1.807) is 0 Å². The molecule has 1 aromatic heterocycles. The number of carboxylic acid groups (broad SMARTS) is 1. The molecule has 1 aromatic rings. The van der Waals surface area contributed by atoms with Crippen LogP contribution in [0.25, 0.3) is 0 Å². The number of carbonyl (C=O) groups is 2. The zero-order valence-electron chi connectivity index (χ0n) is 11.6. The number of hydrogen-bond acceptors (Lipinski definition) is 5. The summed E-state index contributed by atoms with van der Waals surface area (Å²) in [4.78, 5) is 28.0. The van der Waals surface area contributed by atoms with Crippen LogP contribution >= 0.6 is 0 Å². The van der Waals surface area contributed by atoms with E-state index in [9.17, 15) is 14.7 Å². The van der Waals surface area contributed by atoms with Gasteiger partial charge >= 0.3 is 5.97 Å². The Kier molecular flexibility index (Phi) is 2.47. The van der Waals surface area contributed by atoms with Crippen molar-refractivity contribution < 1.29 is 19.2 Å². The number of rotatable bonds is 5. The van der Waals surface area contributed by atoms with Gasteiger partial charge in [0.1, 0.15) is 0 Å². The first-order valence-electron chi connectivity index (χ1n) is 7.42. The standard InChI is InChI=1S/C14H17N3O4/c18-11(13-4-1-5-14(13,7-13)12(19)20)15-6-9-16-10(17-21-9)8-2-3-8/h8H,1-7H2,(H,15,18)(H,19,20)/t13-,14+/m1/s1. The molecule has 0 saturated heterocycles. The van der Waals surface area contributed by atoms with Crippen molar-refractivity contribution in [2.24, 2.45) is 10.8 Å². The third-order valence-corrected chi connectivity index (χ3v) is 5.27. The Balaban J connectivity index is 1.41. The van der Waals surface area contributed by atoms with Gasteiger partial charge in [0, 0.05) is 5.92 Å². The summed E-state index contributed by atoms with van der Waals surface area (Å²) in [6, 6.07) is 0. The van der Waals surface area contributed by atoms with E-state index in [0.29, 0.717) is 36.9 Å². The zero-order chi connectivity index (χ0) is 14.7. The number of carbonyl (C=O) groups excluding carboxylic acids is 1. The van der Waals surface area contributed by atoms with Gasteiger partial charge in [-0.25, -0.2) is 0 Å². The van der Waals surface area contributed by atoms with Crippen molar-refractivity contribution in [1.82, 2.24) is 15.5 Å². The largest absolute Gasteiger partial charge is 0.481 e. The molecule has 1 amide bonds. The first kappa shape index (κ1) is 12.8. The number of nitrogens with one attached hydrogen (secondary N) is 1. The quantitative estimate of drug-likeness (QED) is 0.844. The van der Waals surface area contributed by atoms with Crippen molar-refractivity contribution >= 4 is 11.9 Å². The molecule has 0 spiro atoms. The molecular weight excluding hydrogens is 274 g/mol. The molecule has 1 heterocycles. The first-order chi connectivity index (χ1) is 10.1. The number of nitrogens with zero attached hydrogens (tertiary/aromatic N) is 2. The van der Waals surface area contributed by atoms with Crippen LogP contribution in [0.5, 0.6) is 0 Å². The van der Waals surface area contributed by atoms with Gasteiger partial charge in [0.15, 0.2) is 5.82 Å². The Hall–Kier alpha value is -1.92. The summed E-state index contributed by atoms with van der Waals surface area (Å²) in [7, 11) is 0. The predicted molar refractivity (Wildman–Crippen MR) is 69.1 cm³/mol. The van der Waals surface area contributed by atoms with E-state index in [1.807, 2.05) is 0 Å². The summed E-state index contributed by atoms with van der Waals surface area (Å²) >= 11 is 0. The maximum atomic E-state index is 12.4. The third kappa shape index (κ3) is 1.72. The Morgan fingerprint density at radius 2 is 2.10 bits per heavy atom. The van der Waals surface area contributed by atoms with E-state index < -0.39 is 16.8 Å². The Bertz CT molecular complexity index is 623. The first-order valence-corrected chi connectivity index (χ1v) is 7.42. The van der Waals surface area contributed by atoms with Crippen molar-refractivity contribution in [2.45, 2.75) is 51.0 Å². The maximum absolute atomic E-state index is 12.4. The molecule has 3 aliphatic carbocycles. The highest BCUT2D eigenvalue weighted by Crippen LogP contribution is 2.73. The number of hydrogen-bond donors (Lipinski definition) is 2. The van der Waals surface area contributed by atoms with E-state index >= 15 is 0 Å². The summed E-state index contributed by atoms with van der Waals surface area (Å²) in [5, 5.41) is 16.0. The van der Waals surface area contributed by atoms with E-state index in [0.717, 1.165) is 19.3 Å². The molecule has 0 aromatic carbocycles. The average Bonchev–Trinajstić information content (AvgIpc) is 3.34. The van der Waals surface area contributed by atoms with Crippen LogP contribution in [-0.4, -0.2) is 27.1 Å². The molecule has 0 radical (unpaired) electrons. The third-order valence-electron chi connectivity index (χ3n) is 5.27. The molecule has 0 aliphatic heterocycles. The summed E-state index contributed by atoms with van der Waals surface area (Å²) < 4.78 is 5.11. The number of aliphatic carboxylic acids is 1. The average molecular weight is 291 g/mol. The van der Waals surface area contributed by atoms with E-state index in [4.69, 9.17) is 4.52 Å². The van der Waals surface area contributed by atoms with Gasteiger partial charge in [-0.2, -0.15) is 4.98 Å². The van der Waals surface area contributed by atoms with Crippen LogP contribution in [0, 0.1) is 10.8 Å². The highest BCUT2D eigenvalue weighted by molar-refractivity contribution is 5.97. The van der Waals surface area contributed by atoms with Gasteiger partial charge in [-0.1, -0.05) is 11.6 Å². The molecule has 7 heteroatoms. The van der Waals surface area contributed by atoms with Gasteiger partial charge in [-0.3, -0.25) is 9.59 Å². The molecule has 3 aliphatic rings. The second-order valence-corrected chi connectivity index (χ2v) is 6.50. The highest BCUT2D eigenvalue weighted by atomic mass is 16.5. The summed E-state index contributed by atoms with van der Waals surface area (Å²) in [6.45, 7) is 0.177. The van der Waals surface area contributed by atoms with Crippen LogP contribution in [0.3, 0.4) is 0 Å². The predicted octanol–water partition coefficient (Wildman–Crippen LogP) is 1.21. The second kappa shape index (κ2) is 4.05. The molecule has 3 saturated carbocycles. The fraction of sp³-hybridized carbons (Fsp3) is 0.714. The van der Waals surface area contributed by atoms with E-state index in [2.05, 4.69) is 15.5 Å². The van der Waals surface area contributed by atoms with Crippen LogP contribution in [0.2, 0.25) is 0 Å². The minimum absolute atomic E-state index is 0.177. The minimum atomic E-state index is -0.844. The summed E-state index contributed by atoms with van der Waals surface area (Å²) in [6.07, 6.45) is 4.69. The van der Waals surface area contributed by atoms with Crippen molar-refractivity contribution in [2.75, 3.05) is 0 Å². The molecule has 112 valence electrons. The van der Waals surface area contributed by atoms with Gasteiger partial charge in [0.2, 0.25) is 11.8 Å². The van der Waals surface area contributed by atoms with Crippen molar-refractivity contribution in [3.05, 3.63) is 11.7 Å². The van der Waals surface area contributed by atoms with Gasteiger partial charge < -0.3 is 14.9 Å². The molecular formula is C14H17N3O4. The van der Waals surface area contributed by atoms with Crippen LogP contribution in [0.4, 0.5) is 0 Å². The van der Waals surface area contributed by atoms with Crippen molar-refractivity contribution in [3.63, 3.8) is 0 Å². The topological polar surface area (TPSA) is 105 Å². The molecule has 4 rings (SSSR count). The lowest BCUT2D eigenvalue weighted by Gasteiger charge is -2.14. The van der Waals surface area contributed by atoms with E-state index in [1.165, 1.54) is 0 Å². The van der Waals surface area contributed by atoms with Gasteiger partial charge in [0.25, 0.3) is 0 Å². The summed E-state index contributed by atoms with van der Waals surface area (Å²) in [5.74, 6) is 0.484. The molecule has 0 bridgehead atoms. The molecule has 2 atom stereocenters. The number of fused-ring (bicyclic) bond motifs is 1. The fourth-order valence-corrected chi connectivity index (χ4v) is 3.79. The van der Waals surface area contributed by atoms with Crippen LogP contribution in [0.1, 0.15) is 56.2 Å². The Labute approximate surface area is 121 Å². The van der Waals surface area contributed by atoms with Crippen LogP contribution in [0.15, 0.2) is 4.52 Å². The lowest BCUT2D eigenvalue weighted by Crippen LogP contribution is -2.35. The SMILES string of the molecule is O=C(O)[C@@]12CCC[C@]1(C(=O)NCc1nc(C3CC3)no1)C2. The normalized spacial score (nSPS) is 33.5. The lowest BCUT2D eigenvalue weighted by molar-refractivity contribution is -0.146. The zero-order valence-corrected chi connectivity index (χ0v) is 11.6. The minimum Gasteiger partial charge on any atom is -0.481 e. The smallest absolute Gasteiger partial charge is 0.310 e. The molecule has 3 fully saturated rings. The van der Waals surface area contributed by atoms with E-state index in [-0.39, 0.29) is 12.5 Å². The van der Waals surface area contributed by atoms with Crippen molar-refractivity contribution in [3.8, 4) is 0 Å². The Morgan fingerprint density at radius 1 is 1.33 bits per heavy atom. The molecule has 2 N–H and O–H groups in total. The van der Waals surface area contributed by atoms with Gasteiger partial charge in [-0.15, -0.1) is 0 Å². The van der Waals surface area contributed by atoms with Crippen LogP contribution in [-0.2, 0) is 16.1 Å². The monoisotopic (exact) mass is 291 g/mol. The lowest BCUT2D eigenvalue weighted by atomic mass is 9.95. The molecule has 0 unspecified atom stereocenters. The van der Waals surface area contributed by atoms with Gasteiger partial charge in [-0.05, 0) is 32.1 Å². The Morgan fingerprint density at radius 3 is 2.76 bits per heavy atom. The van der Waals surface area contributed by atoms with Crippen LogP contribution < -0.4 is 5.32 Å². The molecule has 7 nitrogen and oxygen atoms in total.